The molecule has 0 bridgehead atoms. The lowest BCUT2D eigenvalue weighted by molar-refractivity contribution is -0.137. The molecule has 0 atom stereocenters. The number of hydrogen-bond donors (Lipinski definition) is 1. The van der Waals surface area contributed by atoms with E-state index in [1.807, 2.05) is 0 Å². The summed E-state index contributed by atoms with van der Waals surface area (Å²) in [6.07, 6.45) is -4.64. The molecule has 0 aliphatic carbocycles. The summed E-state index contributed by atoms with van der Waals surface area (Å²) in [6, 6.07) is 9.96. The standard InChI is InChI=1S/C14H11F3N2O2/c1-21-10-5-2-4-9(8-10)18-12-7-3-6-11(13(12)19-20)14(15,16)17/h2-8,18H,1H3. The number of benzene rings is 2. The normalized spacial score (nSPS) is 11.0. The second-order valence-electron chi connectivity index (χ2n) is 4.15. The maximum Gasteiger partial charge on any atom is 0.418 e. The zero-order chi connectivity index (χ0) is 15.5. The van der Waals surface area contributed by atoms with Gasteiger partial charge < -0.3 is 10.1 Å². The second-order valence-corrected chi connectivity index (χ2v) is 4.15. The molecule has 0 aliphatic heterocycles. The first-order valence-electron chi connectivity index (χ1n) is 5.90. The average molecular weight is 296 g/mol. The number of nitrogens with zero attached hydrogens (tertiary/aromatic N) is 1. The van der Waals surface area contributed by atoms with Gasteiger partial charge in [0.2, 0.25) is 0 Å². The van der Waals surface area contributed by atoms with Crippen LogP contribution in [0.4, 0.5) is 30.2 Å². The molecule has 0 saturated heterocycles. The van der Waals surface area contributed by atoms with Crippen LogP contribution in [-0.2, 0) is 6.18 Å². The lowest BCUT2D eigenvalue weighted by Gasteiger charge is -2.13. The SMILES string of the molecule is COc1cccc(Nc2cccc(C(F)(F)F)c2N=O)c1. The van der Waals surface area contributed by atoms with Crippen LogP contribution in [0.15, 0.2) is 47.6 Å². The minimum absolute atomic E-state index is 0.0203. The Morgan fingerprint density at radius 3 is 2.48 bits per heavy atom. The first-order chi connectivity index (χ1) is 9.95. The van der Waals surface area contributed by atoms with Crippen molar-refractivity contribution >= 4 is 17.1 Å². The van der Waals surface area contributed by atoms with Crippen LogP contribution in [0.3, 0.4) is 0 Å². The van der Waals surface area contributed by atoms with Crippen molar-refractivity contribution in [2.75, 3.05) is 12.4 Å². The van der Waals surface area contributed by atoms with Gasteiger partial charge in [-0.3, -0.25) is 0 Å². The van der Waals surface area contributed by atoms with E-state index in [9.17, 15) is 18.1 Å². The molecule has 7 heteroatoms. The topological polar surface area (TPSA) is 50.7 Å². The molecule has 21 heavy (non-hydrogen) atoms. The van der Waals surface area contributed by atoms with E-state index in [2.05, 4.69) is 10.5 Å². The molecule has 0 spiro atoms. The first-order valence-corrected chi connectivity index (χ1v) is 5.90. The van der Waals surface area contributed by atoms with Gasteiger partial charge in [-0.1, -0.05) is 12.1 Å². The predicted molar refractivity (Wildman–Crippen MR) is 73.2 cm³/mol. The first kappa shape index (κ1) is 14.8. The number of nitrogens with one attached hydrogen (secondary N) is 1. The summed E-state index contributed by atoms with van der Waals surface area (Å²) >= 11 is 0. The molecule has 0 unspecified atom stereocenters. The highest BCUT2D eigenvalue weighted by molar-refractivity contribution is 5.75. The maximum absolute atomic E-state index is 12.8. The van der Waals surface area contributed by atoms with Gasteiger partial charge in [-0.15, -0.1) is 4.91 Å². The Balaban J connectivity index is 2.42. The molecule has 0 heterocycles. The minimum atomic E-state index is -4.64. The summed E-state index contributed by atoms with van der Waals surface area (Å²) in [5.41, 5.74) is -1.29. The fourth-order valence-electron chi connectivity index (χ4n) is 1.83. The Hall–Kier alpha value is -2.57. The molecule has 2 rings (SSSR count). The minimum Gasteiger partial charge on any atom is -0.497 e. The average Bonchev–Trinajstić information content (AvgIpc) is 2.46. The van der Waals surface area contributed by atoms with E-state index in [1.165, 1.54) is 19.2 Å². The summed E-state index contributed by atoms with van der Waals surface area (Å²) < 4.78 is 43.5. The number of methoxy groups -OCH3 is 1. The van der Waals surface area contributed by atoms with E-state index in [-0.39, 0.29) is 5.69 Å². The smallest absolute Gasteiger partial charge is 0.418 e. The molecular formula is C14H11F3N2O2. The van der Waals surface area contributed by atoms with Crippen molar-refractivity contribution < 1.29 is 17.9 Å². The Morgan fingerprint density at radius 2 is 1.86 bits per heavy atom. The van der Waals surface area contributed by atoms with Crippen molar-refractivity contribution in [2.24, 2.45) is 5.18 Å². The van der Waals surface area contributed by atoms with Crippen LogP contribution in [0, 0.1) is 4.91 Å². The molecule has 0 saturated carbocycles. The highest BCUT2D eigenvalue weighted by atomic mass is 19.4. The summed E-state index contributed by atoms with van der Waals surface area (Å²) in [4.78, 5) is 10.8. The Labute approximate surface area is 118 Å². The van der Waals surface area contributed by atoms with Crippen molar-refractivity contribution in [1.29, 1.82) is 0 Å². The van der Waals surface area contributed by atoms with Gasteiger partial charge in [0.1, 0.15) is 11.4 Å². The molecule has 1 N–H and O–H groups in total. The molecule has 0 radical (unpaired) electrons. The molecule has 0 aromatic heterocycles. The Morgan fingerprint density at radius 1 is 1.14 bits per heavy atom. The van der Waals surface area contributed by atoms with E-state index in [0.717, 1.165) is 6.07 Å². The quantitative estimate of drug-likeness (QED) is 0.820. The van der Waals surface area contributed by atoms with Crippen molar-refractivity contribution in [3.8, 4) is 5.75 Å². The number of halogens is 3. The van der Waals surface area contributed by atoms with Crippen molar-refractivity contribution in [3.05, 3.63) is 52.9 Å². The van der Waals surface area contributed by atoms with Crippen molar-refractivity contribution in [2.45, 2.75) is 6.18 Å². The van der Waals surface area contributed by atoms with Gasteiger partial charge in [0.05, 0.1) is 18.4 Å². The van der Waals surface area contributed by atoms with E-state index < -0.39 is 17.4 Å². The summed E-state index contributed by atoms with van der Waals surface area (Å²) in [5.74, 6) is 0.535. The third kappa shape index (κ3) is 3.31. The number of ether oxygens (including phenoxy) is 1. The predicted octanol–water partition coefficient (Wildman–Crippen LogP) is 4.86. The second kappa shape index (κ2) is 5.82. The maximum atomic E-state index is 12.8. The lowest BCUT2D eigenvalue weighted by atomic mass is 10.1. The van der Waals surface area contributed by atoms with Crippen LogP contribution in [0.25, 0.3) is 0 Å². The molecule has 2 aromatic rings. The van der Waals surface area contributed by atoms with Gasteiger partial charge in [-0.05, 0) is 29.4 Å². The Bertz CT molecular complexity index is 657. The number of alkyl halides is 3. The fraction of sp³-hybridized carbons (Fsp3) is 0.143. The largest absolute Gasteiger partial charge is 0.497 e. The van der Waals surface area contributed by atoms with Crippen LogP contribution in [-0.4, -0.2) is 7.11 Å². The third-order valence-corrected chi connectivity index (χ3v) is 2.78. The van der Waals surface area contributed by atoms with Gasteiger partial charge in [0, 0.05) is 11.8 Å². The van der Waals surface area contributed by atoms with Crippen molar-refractivity contribution in [1.82, 2.24) is 0 Å². The van der Waals surface area contributed by atoms with Gasteiger partial charge in [0.25, 0.3) is 0 Å². The van der Waals surface area contributed by atoms with Gasteiger partial charge in [-0.25, -0.2) is 0 Å². The third-order valence-electron chi connectivity index (χ3n) is 2.78. The molecule has 4 nitrogen and oxygen atoms in total. The van der Waals surface area contributed by atoms with Crippen LogP contribution >= 0.6 is 0 Å². The number of nitroso groups, excluding NO2 is 1. The van der Waals surface area contributed by atoms with Gasteiger partial charge in [-0.2, -0.15) is 13.2 Å². The van der Waals surface area contributed by atoms with E-state index in [1.54, 1.807) is 24.3 Å². The van der Waals surface area contributed by atoms with E-state index in [0.29, 0.717) is 11.4 Å². The van der Waals surface area contributed by atoms with Crippen LogP contribution in [0.1, 0.15) is 5.56 Å². The zero-order valence-electron chi connectivity index (χ0n) is 10.9. The van der Waals surface area contributed by atoms with Crippen LogP contribution in [0.2, 0.25) is 0 Å². The zero-order valence-corrected chi connectivity index (χ0v) is 10.9. The summed E-state index contributed by atoms with van der Waals surface area (Å²) in [6.45, 7) is 0. The number of hydrogen-bond acceptors (Lipinski definition) is 4. The highest BCUT2D eigenvalue weighted by Crippen LogP contribution is 2.41. The molecule has 0 aliphatic rings. The fourth-order valence-corrected chi connectivity index (χ4v) is 1.83. The van der Waals surface area contributed by atoms with E-state index in [4.69, 9.17) is 4.74 Å². The summed E-state index contributed by atoms with van der Waals surface area (Å²) in [7, 11) is 1.47. The van der Waals surface area contributed by atoms with Crippen LogP contribution < -0.4 is 10.1 Å². The van der Waals surface area contributed by atoms with Crippen molar-refractivity contribution in [3.63, 3.8) is 0 Å². The molecule has 0 amide bonds. The molecular weight excluding hydrogens is 285 g/mol. The lowest BCUT2D eigenvalue weighted by Crippen LogP contribution is -2.06. The Kier molecular flexibility index (Phi) is 4.11. The molecule has 2 aromatic carbocycles. The van der Waals surface area contributed by atoms with Crippen LogP contribution in [0.5, 0.6) is 5.75 Å². The number of anilines is 2. The molecule has 0 fully saturated rings. The number of rotatable bonds is 4. The van der Waals surface area contributed by atoms with Gasteiger partial charge in [0.15, 0.2) is 0 Å². The monoisotopic (exact) mass is 296 g/mol. The van der Waals surface area contributed by atoms with E-state index >= 15 is 0 Å². The highest BCUT2D eigenvalue weighted by Gasteiger charge is 2.35. The summed E-state index contributed by atoms with van der Waals surface area (Å²) in [5, 5.41) is 5.25. The molecule has 110 valence electrons. The van der Waals surface area contributed by atoms with Gasteiger partial charge >= 0.3 is 6.18 Å².